The monoisotopic (exact) mass is 494 g/mol. The lowest BCUT2D eigenvalue weighted by Crippen LogP contribution is -1.95. The zero-order chi connectivity index (χ0) is 25.7. The van der Waals surface area contributed by atoms with E-state index in [1.807, 2.05) is 24.8 Å². The quantitative estimate of drug-likeness (QED) is 0.176. The molecule has 9 rings (SSSR count). The van der Waals surface area contributed by atoms with Crippen molar-refractivity contribution in [1.82, 2.24) is 9.97 Å². The summed E-state index contributed by atoms with van der Waals surface area (Å²) in [6.45, 7) is 2.15. The van der Waals surface area contributed by atoms with Gasteiger partial charge in [-0.05, 0) is 73.6 Å². The van der Waals surface area contributed by atoms with E-state index in [0.29, 0.717) is 0 Å². The lowest BCUT2D eigenvalue weighted by atomic mass is 9.81. The van der Waals surface area contributed by atoms with Crippen LogP contribution in [0.25, 0.3) is 86.9 Å². The van der Waals surface area contributed by atoms with Crippen LogP contribution in [0, 0.1) is 6.92 Å². The van der Waals surface area contributed by atoms with Gasteiger partial charge in [-0.25, -0.2) is 0 Å². The molecule has 0 amide bonds. The van der Waals surface area contributed by atoms with Crippen molar-refractivity contribution >= 4 is 64.6 Å². The third-order valence-corrected chi connectivity index (χ3v) is 8.53. The molecule has 0 saturated heterocycles. The van der Waals surface area contributed by atoms with Crippen LogP contribution in [0.4, 0.5) is 0 Å². The van der Waals surface area contributed by atoms with Crippen molar-refractivity contribution in [3.05, 3.63) is 121 Å². The van der Waals surface area contributed by atoms with Crippen molar-refractivity contribution < 1.29 is 0 Å². The number of pyridine rings is 2. The summed E-state index contributed by atoms with van der Waals surface area (Å²) < 4.78 is 0. The predicted octanol–water partition coefficient (Wildman–Crippen LogP) is 9.91. The Morgan fingerprint density at radius 1 is 0.410 bits per heavy atom. The summed E-state index contributed by atoms with van der Waals surface area (Å²) in [5.41, 5.74) is 6.21. The molecule has 0 bridgehead atoms. The van der Waals surface area contributed by atoms with E-state index in [1.165, 1.54) is 92.5 Å². The maximum absolute atomic E-state index is 4.69. The van der Waals surface area contributed by atoms with Crippen molar-refractivity contribution in [1.29, 1.82) is 0 Å². The van der Waals surface area contributed by atoms with E-state index < -0.39 is 0 Å². The van der Waals surface area contributed by atoms with Gasteiger partial charge in [0.2, 0.25) is 0 Å². The standard InChI is InChI=1S/C37H22N2/c1-21-7-9-23(10-8-21)31-16-27-20-39-19-26-15-30(22-5-3-2-4-6-22)35-28-13-11-24-17-38-18-25-12-14-29(34(28)32(24)25)36(31)37(35)33(26)27/h2-20H,1H3. The van der Waals surface area contributed by atoms with Crippen LogP contribution in [0.2, 0.25) is 0 Å². The molecule has 0 unspecified atom stereocenters. The lowest BCUT2D eigenvalue weighted by molar-refractivity contribution is 1.38. The molecule has 2 aromatic heterocycles. The molecular weight excluding hydrogens is 472 g/mol. The average Bonchev–Trinajstić information content (AvgIpc) is 2.99. The van der Waals surface area contributed by atoms with Gasteiger partial charge in [0.25, 0.3) is 0 Å². The van der Waals surface area contributed by atoms with E-state index in [9.17, 15) is 0 Å². The number of hydrogen-bond acceptors (Lipinski definition) is 2. The van der Waals surface area contributed by atoms with Crippen LogP contribution in [0.15, 0.2) is 116 Å². The first-order chi connectivity index (χ1) is 19.3. The summed E-state index contributed by atoms with van der Waals surface area (Å²) in [5.74, 6) is 0. The minimum Gasteiger partial charge on any atom is -0.263 e. The van der Waals surface area contributed by atoms with E-state index in [4.69, 9.17) is 0 Å². The third kappa shape index (κ3) is 2.75. The molecule has 2 heteroatoms. The van der Waals surface area contributed by atoms with Gasteiger partial charge in [-0.3, -0.25) is 9.97 Å². The topological polar surface area (TPSA) is 25.8 Å². The molecule has 0 atom stereocenters. The Balaban J connectivity index is 1.65. The summed E-state index contributed by atoms with van der Waals surface area (Å²) in [5, 5.41) is 15.2. The summed E-state index contributed by atoms with van der Waals surface area (Å²) in [6, 6.07) is 33.5. The van der Waals surface area contributed by atoms with Gasteiger partial charge in [-0.1, -0.05) is 84.4 Å². The first-order valence-electron chi connectivity index (χ1n) is 13.4. The second-order valence-electron chi connectivity index (χ2n) is 10.7. The van der Waals surface area contributed by atoms with Gasteiger partial charge < -0.3 is 0 Å². The van der Waals surface area contributed by atoms with Crippen molar-refractivity contribution in [3.8, 4) is 22.3 Å². The van der Waals surface area contributed by atoms with Gasteiger partial charge in [0, 0.05) is 57.1 Å². The van der Waals surface area contributed by atoms with Crippen LogP contribution in [-0.2, 0) is 0 Å². The zero-order valence-corrected chi connectivity index (χ0v) is 21.4. The van der Waals surface area contributed by atoms with Crippen LogP contribution in [0.5, 0.6) is 0 Å². The Kier molecular flexibility index (Phi) is 4.02. The largest absolute Gasteiger partial charge is 0.263 e. The zero-order valence-electron chi connectivity index (χ0n) is 21.4. The van der Waals surface area contributed by atoms with Crippen LogP contribution in [0.3, 0.4) is 0 Å². The van der Waals surface area contributed by atoms with E-state index in [-0.39, 0.29) is 0 Å². The molecule has 0 aliphatic carbocycles. The first kappa shape index (κ1) is 20.9. The summed E-state index contributed by atoms with van der Waals surface area (Å²) in [4.78, 5) is 9.23. The number of nitrogens with zero attached hydrogens (tertiary/aromatic N) is 2. The van der Waals surface area contributed by atoms with E-state index >= 15 is 0 Å². The maximum Gasteiger partial charge on any atom is 0.0347 e. The van der Waals surface area contributed by atoms with Gasteiger partial charge in [0.15, 0.2) is 0 Å². The highest BCUT2D eigenvalue weighted by molar-refractivity contribution is 6.43. The molecule has 0 N–H and O–H groups in total. The molecule has 9 aromatic rings. The number of aromatic nitrogens is 2. The molecule has 0 saturated carbocycles. The predicted molar refractivity (Wildman–Crippen MR) is 165 cm³/mol. The molecular formula is C37H22N2. The number of aryl methyl sites for hydroxylation is 1. The number of benzene rings is 7. The fourth-order valence-corrected chi connectivity index (χ4v) is 6.85. The maximum atomic E-state index is 4.69. The Labute approximate surface area is 224 Å². The minimum atomic E-state index is 1.18. The van der Waals surface area contributed by atoms with Crippen LogP contribution in [-0.4, -0.2) is 9.97 Å². The van der Waals surface area contributed by atoms with Crippen molar-refractivity contribution in [2.24, 2.45) is 0 Å². The highest BCUT2D eigenvalue weighted by Crippen LogP contribution is 2.51. The van der Waals surface area contributed by atoms with Crippen LogP contribution < -0.4 is 0 Å². The molecule has 0 fully saturated rings. The van der Waals surface area contributed by atoms with E-state index in [1.54, 1.807) is 0 Å². The Morgan fingerprint density at radius 3 is 1.51 bits per heavy atom. The van der Waals surface area contributed by atoms with E-state index in [0.717, 1.165) is 0 Å². The second kappa shape index (κ2) is 7.49. The molecule has 0 aliphatic rings. The number of hydrogen-bond donors (Lipinski definition) is 0. The fraction of sp³-hybridized carbons (Fsp3) is 0.0270. The van der Waals surface area contributed by atoms with E-state index in [2.05, 4.69) is 108 Å². The Hall–Kier alpha value is -5.08. The van der Waals surface area contributed by atoms with Crippen molar-refractivity contribution in [2.45, 2.75) is 6.92 Å². The van der Waals surface area contributed by atoms with Gasteiger partial charge in [-0.15, -0.1) is 0 Å². The SMILES string of the molecule is Cc1ccc(-c2cc3cncc4cc(-c5ccccc5)c5c6ccc7cncc8ccc(c2c5c43)c6c78)cc1. The van der Waals surface area contributed by atoms with Crippen molar-refractivity contribution in [3.63, 3.8) is 0 Å². The molecule has 0 radical (unpaired) electrons. The number of fused-ring (bicyclic) bond motifs is 2. The fourth-order valence-electron chi connectivity index (χ4n) is 6.85. The lowest BCUT2D eigenvalue weighted by Gasteiger charge is -2.22. The molecule has 0 aliphatic heterocycles. The van der Waals surface area contributed by atoms with Crippen molar-refractivity contribution in [2.75, 3.05) is 0 Å². The summed E-state index contributed by atoms with van der Waals surface area (Å²) in [7, 11) is 0. The minimum absolute atomic E-state index is 1.18. The Morgan fingerprint density at radius 2 is 0.923 bits per heavy atom. The molecule has 2 nitrogen and oxygen atoms in total. The van der Waals surface area contributed by atoms with Gasteiger partial charge >= 0.3 is 0 Å². The van der Waals surface area contributed by atoms with Crippen LogP contribution in [0.1, 0.15) is 5.56 Å². The summed E-state index contributed by atoms with van der Waals surface area (Å²) >= 11 is 0. The van der Waals surface area contributed by atoms with Gasteiger partial charge in [-0.2, -0.15) is 0 Å². The normalized spacial score (nSPS) is 12.2. The third-order valence-electron chi connectivity index (χ3n) is 8.53. The average molecular weight is 495 g/mol. The van der Waals surface area contributed by atoms with Crippen LogP contribution >= 0.6 is 0 Å². The highest BCUT2D eigenvalue weighted by atomic mass is 14.6. The molecule has 39 heavy (non-hydrogen) atoms. The smallest absolute Gasteiger partial charge is 0.0347 e. The highest BCUT2D eigenvalue weighted by Gasteiger charge is 2.23. The first-order valence-corrected chi connectivity index (χ1v) is 13.4. The molecule has 2 heterocycles. The summed E-state index contributed by atoms with van der Waals surface area (Å²) in [6.07, 6.45) is 8.04. The molecule has 7 aromatic carbocycles. The molecule has 180 valence electrons. The molecule has 0 spiro atoms. The second-order valence-corrected chi connectivity index (χ2v) is 10.7. The van der Waals surface area contributed by atoms with Gasteiger partial charge in [0.1, 0.15) is 0 Å². The van der Waals surface area contributed by atoms with Gasteiger partial charge in [0.05, 0.1) is 0 Å². The number of rotatable bonds is 2. The Bertz CT molecular complexity index is 2350.